The molecule has 2 N–H and O–H groups in total. The second-order valence-corrected chi connectivity index (χ2v) is 3.19. The lowest BCUT2D eigenvalue weighted by molar-refractivity contribution is 0.381. The summed E-state index contributed by atoms with van der Waals surface area (Å²) in [5.41, 5.74) is 5.82. The minimum atomic E-state index is 0.369. The van der Waals surface area contributed by atoms with Crippen LogP contribution in [0.3, 0.4) is 0 Å². The van der Waals surface area contributed by atoms with Crippen LogP contribution in [-0.2, 0) is 0 Å². The van der Waals surface area contributed by atoms with Gasteiger partial charge in [-0.15, -0.1) is 5.92 Å². The van der Waals surface area contributed by atoms with E-state index in [0.717, 1.165) is 12.8 Å². The first-order valence-corrected chi connectivity index (χ1v) is 4.36. The van der Waals surface area contributed by atoms with Crippen molar-refractivity contribution in [2.24, 2.45) is 11.7 Å². The van der Waals surface area contributed by atoms with Crippen LogP contribution in [0.15, 0.2) is 0 Å². The van der Waals surface area contributed by atoms with Crippen LogP contribution in [0.2, 0.25) is 0 Å². The summed E-state index contributed by atoms with van der Waals surface area (Å²) in [7, 11) is 0. The van der Waals surface area contributed by atoms with Gasteiger partial charge in [0.1, 0.15) is 0 Å². The summed E-state index contributed by atoms with van der Waals surface area (Å²) < 4.78 is 6.93. The van der Waals surface area contributed by atoms with E-state index in [1.54, 1.807) is 0 Å². The first kappa shape index (κ1) is 7.18. The lowest BCUT2D eigenvalue weighted by Crippen LogP contribution is -2.27. The Morgan fingerprint density at radius 3 is 3.27 bits per heavy atom. The van der Waals surface area contributed by atoms with E-state index in [0.29, 0.717) is 25.3 Å². The van der Waals surface area contributed by atoms with Gasteiger partial charge in [0.25, 0.3) is 0 Å². The summed E-state index contributed by atoms with van der Waals surface area (Å²) in [5, 5.41) is 0. The van der Waals surface area contributed by atoms with E-state index in [-0.39, 0.29) is 0 Å². The Kier molecular flexibility index (Phi) is 2.88. The van der Waals surface area contributed by atoms with Gasteiger partial charge >= 0.3 is 0 Å². The topological polar surface area (TPSA) is 26.0 Å². The molecule has 0 heterocycles. The van der Waals surface area contributed by atoms with Gasteiger partial charge in [-0.2, -0.15) is 0 Å². The average molecular weight is 153 g/mol. The van der Waals surface area contributed by atoms with Crippen molar-refractivity contribution in [3.8, 4) is 11.8 Å². The van der Waals surface area contributed by atoms with Gasteiger partial charge in [-0.25, -0.2) is 0 Å². The minimum absolute atomic E-state index is 0.369. The summed E-state index contributed by atoms with van der Waals surface area (Å²) in [4.78, 5) is 0. The molecule has 1 heteroatoms. The van der Waals surface area contributed by atoms with Crippen LogP contribution in [0.25, 0.3) is 0 Å². The van der Waals surface area contributed by atoms with Gasteiger partial charge in [0.2, 0.25) is 0 Å². The molecule has 1 rings (SSSR count). The molecular formula is C10H17N. The lowest BCUT2D eigenvalue weighted by atomic mass is 9.86. The lowest BCUT2D eigenvalue weighted by Gasteiger charge is -2.22. The molecule has 62 valence electrons. The SMILES string of the molecule is [3H]CCC#CC1CCCC(N)C1. The van der Waals surface area contributed by atoms with Crippen molar-refractivity contribution in [2.45, 2.75) is 45.0 Å². The maximum absolute atomic E-state index is 6.93. The van der Waals surface area contributed by atoms with E-state index < -0.39 is 0 Å². The summed E-state index contributed by atoms with van der Waals surface area (Å²) in [6, 6.07) is 0.369. The van der Waals surface area contributed by atoms with Crippen molar-refractivity contribution in [3.05, 3.63) is 0 Å². The van der Waals surface area contributed by atoms with Gasteiger partial charge in [-0.1, -0.05) is 19.2 Å². The molecule has 1 saturated carbocycles. The van der Waals surface area contributed by atoms with Crippen molar-refractivity contribution in [3.63, 3.8) is 0 Å². The third-order valence-corrected chi connectivity index (χ3v) is 2.15. The Labute approximate surface area is 70.8 Å². The number of hydrogen-bond donors (Lipinski definition) is 1. The first-order chi connectivity index (χ1) is 5.83. The first-order valence-electron chi connectivity index (χ1n) is 5.07. The van der Waals surface area contributed by atoms with Crippen LogP contribution < -0.4 is 5.73 Å². The molecule has 0 spiro atoms. The highest BCUT2D eigenvalue weighted by Gasteiger charge is 2.16. The van der Waals surface area contributed by atoms with Crippen molar-refractivity contribution in [1.29, 1.82) is 0 Å². The fraction of sp³-hybridized carbons (Fsp3) is 0.800. The predicted octanol–water partition coefficient (Wildman–Crippen LogP) is 1.92. The standard InChI is InChI=1S/C10H17N/c1-2-3-5-9-6-4-7-10(11)8-9/h9-10H,2,4,6-8,11H2,1H3/i1T. The van der Waals surface area contributed by atoms with Crippen LogP contribution in [0.4, 0.5) is 0 Å². The van der Waals surface area contributed by atoms with Gasteiger partial charge in [-0.05, 0) is 19.3 Å². The van der Waals surface area contributed by atoms with Gasteiger partial charge in [0, 0.05) is 19.8 Å². The zero-order chi connectivity index (χ0) is 8.81. The molecule has 0 aromatic heterocycles. The Bertz CT molecular complexity index is 180. The zero-order valence-corrected chi connectivity index (χ0v) is 6.97. The Morgan fingerprint density at radius 1 is 1.64 bits per heavy atom. The molecule has 2 unspecified atom stereocenters. The smallest absolute Gasteiger partial charge is 0.0240 e. The molecule has 1 fully saturated rings. The van der Waals surface area contributed by atoms with E-state index in [1.165, 1.54) is 12.8 Å². The highest BCUT2D eigenvalue weighted by molar-refractivity contribution is 5.04. The molecule has 1 aliphatic carbocycles. The number of hydrogen-bond acceptors (Lipinski definition) is 1. The highest BCUT2D eigenvalue weighted by Crippen LogP contribution is 2.21. The van der Waals surface area contributed by atoms with Gasteiger partial charge in [0.05, 0.1) is 0 Å². The molecular weight excluding hydrogens is 134 g/mol. The Morgan fingerprint density at radius 2 is 2.55 bits per heavy atom. The molecule has 0 saturated heterocycles. The second-order valence-electron chi connectivity index (χ2n) is 3.19. The van der Waals surface area contributed by atoms with Crippen molar-refractivity contribution >= 4 is 0 Å². The maximum atomic E-state index is 6.93. The second kappa shape index (κ2) is 4.41. The summed E-state index contributed by atoms with van der Waals surface area (Å²) in [6.07, 6.45) is 5.37. The van der Waals surface area contributed by atoms with Crippen molar-refractivity contribution < 1.29 is 1.37 Å². The van der Waals surface area contributed by atoms with Crippen LogP contribution >= 0.6 is 0 Å². The van der Waals surface area contributed by atoms with E-state index in [2.05, 4.69) is 11.8 Å². The summed E-state index contributed by atoms with van der Waals surface area (Å²) in [6.45, 7) is 0.422. The fourth-order valence-electron chi connectivity index (χ4n) is 1.58. The molecule has 2 atom stereocenters. The van der Waals surface area contributed by atoms with Crippen molar-refractivity contribution in [2.75, 3.05) is 0 Å². The monoisotopic (exact) mass is 153 g/mol. The third kappa shape index (κ3) is 2.95. The van der Waals surface area contributed by atoms with E-state index in [9.17, 15) is 0 Å². The summed E-state index contributed by atoms with van der Waals surface area (Å²) in [5.74, 6) is 6.75. The molecule has 11 heavy (non-hydrogen) atoms. The normalized spacial score (nSPS) is 31.9. The molecule has 1 nitrogen and oxygen atoms in total. The van der Waals surface area contributed by atoms with E-state index in [1.807, 2.05) is 0 Å². The minimum Gasteiger partial charge on any atom is -0.328 e. The molecule has 0 aliphatic heterocycles. The van der Waals surface area contributed by atoms with E-state index >= 15 is 0 Å². The maximum Gasteiger partial charge on any atom is 0.0240 e. The molecule has 0 aromatic carbocycles. The quantitative estimate of drug-likeness (QED) is 0.529. The highest BCUT2D eigenvalue weighted by atomic mass is 14.6. The third-order valence-electron chi connectivity index (χ3n) is 2.15. The summed E-state index contributed by atoms with van der Waals surface area (Å²) >= 11 is 0. The van der Waals surface area contributed by atoms with Gasteiger partial charge in [0.15, 0.2) is 0 Å². The predicted molar refractivity (Wildman–Crippen MR) is 48.0 cm³/mol. The van der Waals surface area contributed by atoms with Gasteiger partial charge in [-0.3, -0.25) is 0 Å². The van der Waals surface area contributed by atoms with Gasteiger partial charge < -0.3 is 5.73 Å². The fourth-order valence-corrected chi connectivity index (χ4v) is 1.58. The zero-order valence-electron chi connectivity index (χ0n) is 7.97. The largest absolute Gasteiger partial charge is 0.328 e. The molecule has 0 aromatic rings. The molecule has 0 bridgehead atoms. The number of rotatable bonds is 0. The van der Waals surface area contributed by atoms with Crippen LogP contribution in [-0.4, -0.2) is 6.04 Å². The average Bonchev–Trinajstić information content (AvgIpc) is 2.05. The van der Waals surface area contributed by atoms with E-state index in [4.69, 9.17) is 7.10 Å². The molecule has 0 amide bonds. The van der Waals surface area contributed by atoms with Crippen LogP contribution in [0, 0.1) is 17.8 Å². The number of nitrogens with two attached hydrogens (primary N) is 1. The molecule has 1 aliphatic rings. The van der Waals surface area contributed by atoms with Crippen LogP contribution in [0.1, 0.15) is 40.4 Å². The van der Waals surface area contributed by atoms with Crippen LogP contribution in [0.5, 0.6) is 0 Å². The Hall–Kier alpha value is -0.480. The Balaban J connectivity index is 2.28. The van der Waals surface area contributed by atoms with Crippen molar-refractivity contribution in [1.82, 2.24) is 0 Å². The molecule has 0 radical (unpaired) electrons.